The molecule has 0 bridgehead atoms. The van der Waals surface area contributed by atoms with Gasteiger partial charge in [-0.2, -0.15) is 15.3 Å². The molecule has 0 saturated carbocycles. The molecule has 0 aliphatic carbocycles. The Bertz CT molecular complexity index is 996. The second kappa shape index (κ2) is 8.23. The zero-order chi connectivity index (χ0) is 19.2. The lowest BCUT2D eigenvalue weighted by molar-refractivity contribution is 0.415. The van der Waals surface area contributed by atoms with Gasteiger partial charge in [-0.05, 0) is 73.5 Å². The molecular formula is C21H20N4O2. The Morgan fingerprint density at radius 1 is 0.741 bits per heavy atom. The van der Waals surface area contributed by atoms with Crippen LogP contribution in [0.2, 0.25) is 0 Å². The fourth-order valence-corrected chi connectivity index (χ4v) is 2.37. The van der Waals surface area contributed by atoms with Crippen LogP contribution >= 0.6 is 0 Å². The summed E-state index contributed by atoms with van der Waals surface area (Å²) in [6.45, 7) is 4.01. The van der Waals surface area contributed by atoms with Crippen LogP contribution in [-0.2, 0) is 0 Å². The lowest BCUT2D eigenvalue weighted by atomic mass is 10.1. The molecule has 0 aromatic heterocycles. The highest BCUT2D eigenvalue weighted by Crippen LogP contribution is 2.33. The van der Waals surface area contributed by atoms with E-state index in [0.29, 0.717) is 17.1 Å². The molecule has 0 spiro atoms. The number of azo groups is 2. The van der Waals surface area contributed by atoms with Gasteiger partial charge in [-0.25, -0.2) is 0 Å². The second-order valence-corrected chi connectivity index (χ2v) is 5.99. The molecule has 1 N–H and O–H groups in total. The van der Waals surface area contributed by atoms with Crippen molar-refractivity contribution in [3.8, 4) is 11.5 Å². The van der Waals surface area contributed by atoms with Gasteiger partial charge in [0.2, 0.25) is 0 Å². The maximum atomic E-state index is 10.0. The van der Waals surface area contributed by atoms with E-state index in [1.807, 2.05) is 56.3 Å². The Kier molecular flexibility index (Phi) is 5.56. The van der Waals surface area contributed by atoms with Gasteiger partial charge in [-0.1, -0.05) is 12.1 Å². The van der Waals surface area contributed by atoms with Crippen molar-refractivity contribution in [3.05, 3.63) is 71.8 Å². The largest absolute Gasteiger partial charge is 0.506 e. The van der Waals surface area contributed by atoms with Crippen LogP contribution in [0.25, 0.3) is 0 Å². The van der Waals surface area contributed by atoms with Crippen LogP contribution in [0.15, 0.2) is 81.1 Å². The van der Waals surface area contributed by atoms with Crippen molar-refractivity contribution in [3.63, 3.8) is 0 Å². The lowest BCUT2D eigenvalue weighted by Crippen LogP contribution is -1.79. The molecule has 0 fully saturated rings. The van der Waals surface area contributed by atoms with Crippen molar-refractivity contribution in [2.75, 3.05) is 7.11 Å². The minimum Gasteiger partial charge on any atom is -0.506 e. The first-order valence-electron chi connectivity index (χ1n) is 8.43. The molecule has 6 heteroatoms. The maximum absolute atomic E-state index is 10.0. The van der Waals surface area contributed by atoms with Gasteiger partial charge in [0.15, 0.2) is 0 Å². The summed E-state index contributed by atoms with van der Waals surface area (Å²) in [6.07, 6.45) is 0. The number of benzene rings is 3. The summed E-state index contributed by atoms with van der Waals surface area (Å²) in [5.74, 6) is 0.792. The van der Waals surface area contributed by atoms with Gasteiger partial charge in [-0.3, -0.25) is 0 Å². The van der Waals surface area contributed by atoms with Crippen molar-refractivity contribution >= 4 is 22.7 Å². The molecule has 3 aromatic carbocycles. The maximum Gasteiger partial charge on any atom is 0.143 e. The normalized spacial score (nSPS) is 11.4. The Morgan fingerprint density at radius 2 is 1.41 bits per heavy atom. The fourth-order valence-electron chi connectivity index (χ4n) is 2.37. The Balaban J connectivity index is 1.82. The third-order valence-electron chi connectivity index (χ3n) is 4.15. The molecule has 0 atom stereocenters. The van der Waals surface area contributed by atoms with E-state index in [1.165, 1.54) is 6.07 Å². The van der Waals surface area contributed by atoms with Crippen LogP contribution in [-0.4, -0.2) is 12.2 Å². The van der Waals surface area contributed by atoms with Crippen LogP contribution in [0, 0.1) is 13.8 Å². The Hall–Kier alpha value is -3.54. The molecule has 0 heterocycles. The Labute approximate surface area is 157 Å². The molecule has 0 radical (unpaired) electrons. The highest BCUT2D eigenvalue weighted by atomic mass is 16.5. The zero-order valence-electron chi connectivity index (χ0n) is 15.4. The molecule has 0 aliphatic rings. The van der Waals surface area contributed by atoms with Gasteiger partial charge >= 0.3 is 0 Å². The van der Waals surface area contributed by atoms with Crippen molar-refractivity contribution in [2.45, 2.75) is 13.8 Å². The number of ether oxygens (including phenoxy) is 1. The number of hydrogen-bond acceptors (Lipinski definition) is 6. The van der Waals surface area contributed by atoms with Crippen LogP contribution in [0.5, 0.6) is 11.5 Å². The summed E-state index contributed by atoms with van der Waals surface area (Å²) in [7, 11) is 1.61. The van der Waals surface area contributed by atoms with Crippen LogP contribution in [0.1, 0.15) is 11.1 Å². The summed E-state index contributed by atoms with van der Waals surface area (Å²) < 4.78 is 5.12. The predicted octanol–water partition coefficient (Wildman–Crippen LogP) is 6.85. The van der Waals surface area contributed by atoms with Crippen LogP contribution in [0.3, 0.4) is 0 Å². The number of phenolic OH excluding ortho intramolecular Hbond substituents is 1. The SMILES string of the molecule is COc1ccc(N=Nc2ccc(O)c(N=Nc3cccc(C)c3C)c2)cc1. The number of hydrogen-bond donors (Lipinski definition) is 1. The molecule has 27 heavy (non-hydrogen) atoms. The molecule has 0 unspecified atom stereocenters. The summed E-state index contributed by atoms with van der Waals surface area (Å²) in [5.41, 5.74) is 4.55. The standard InChI is InChI=1S/C21H20N4O2/c1-14-5-4-6-19(15(14)2)24-25-20-13-17(9-12-21(20)26)23-22-16-7-10-18(27-3)11-8-16/h4-13,26H,1-3H3. The van der Waals surface area contributed by atoms with E-state index in [-0.39, 0.29) is 5.75 Å². The first-order chi connectivity index (χ1) is 13.1. The molecule has 3 aromatic rings. The van der Waals surface area contributed by atoms with E-state index < -0.39 is 0 Å². The van der Waals surface area contributed by atoms with Gasteiger partial charge < -0.3 is 9.84 Å². The number of rotatable bonds is 5. The summed E-state index contributed by atoms with van der Waals surface area (Å²) in [5, 5.41) is 26.8. The Morgan fingerprint density at radius 3 is 2.15 bits per heavy atom. The molecule has 6 nitrogen and oxygen atoms in total. The van der Waals surface area contributed by atoms with Crippen molar-refractivity contribution < 1.29 is 9.84 Å². The summed E-state index contributed by atoms with van der Waals surface area (Å²) >= 11 is 0. The van der Waals surface area contributed by atoms with Crippen molar-refractivity contribution in [2.24, 2.45) is 20.5 Å². The van der Waals surface area contributed by atoms with Crippen LogP contribution < -0.4 is 4.74 Å². The fraction of sp³-hybridized carbons (Fsp3) is 0.143. The lowest BCUT2D eigenvalue weighted by Gasteiger charge is -2.03. The smallest absolute Gasteiger partial charge is 0.143 e. The number of phenols is 1. The topological polar surface area (TPSA) is 78.9 Å². The van der Waals surface area contributed by atoms with Gasteiger partial charge in [0.25, 0.3) is 0 Å². The first-order valence-corrected chi connectivity index (χ1v) is 8.43. The monoisotopic (exact) mass is 360 g/mol. The third-order valence-corrected chi connectivity index (χ3v) is 4.15. The highest BCUT2D eigenvalue weighted by molar-refractivity contribution is 5.59. The van der Waals surface area contributed by atoms with E-state index in [2.05, 4.69) is 20.5 Å². The number of methoxy groups -OCH3 is 1. The molecule has 0 saturated heterocycles. The van der Waals surface area contributed by atoms with E-state index in [1.54, 1.807) is 19.2 Å². The average molecular weight is 360 g/mol. The highest BCUT2D eigenvalue weighted by Gasteiger charge is 2.04. The number of aryl methyl sites for hydroxylation is 1. The molecule has 0 aliphatic heterocycles. The van der Waals surface area contributed by atoms with Gasteiger partial charge in [0.05, 0.1) is 24.2 Å². The predicted molar refractivity (Wildman–Crippen MR) is 105 cm³/mol. The number of nitrogens with zero attached hydrogens (tertiary/aromatic N) is 4. The molecule has 3 rings (SSSR count). The molecule has 0 amide bonds. The minimum absolute atomic E-state index is 0.0347. The van der Waals surface area contributed by atoms with E-state index in [4.69, 9.17) is 4.74 Å². The van der Waals surface area contributed by atoms with Gasteiger partial charge in [0, 0.05) is 0 Å². The number of aromatic hydroxyl groups is 1. The zero-order valence-corrected chi connectivity index (χ0v) is 15.4. The first kappa shape index (κ1) is 18.3. The third kappa shape index (κ3) is 4.55. The van der Waals surface area contributed by atoms with Crippen molar-refractivity contribution in [1.29, 1.82) is 0 Å². The van der Waals surface area contributed by atoms with Gasteiger partial charge in [0.1, 0.15) is 17.2 Å². The summed E-state index contributed by atoms with van der Waals surface area (Å²) in [4.78, 5) is 0. The second-order valence-electron chi connectivity index (χ2n) is 5.99. The quantitative estimate of drug-likeness (QED) is 0.505. The van der Waals surface area contributed by atoms with E-state index in [0.717, 1.165) is 22.6 Å². The molecule has 136 valence electrons. The van der Waals surface area contributed by atoms with Crippen LogP contribution in [0.4, 0.5) is 22.7 Å². The van der Waals surface area contributed by atoms with E-state index >= 15 is 0 Å². The summed E-state index contributed by atoms with van der Waals surface area (Å²) in [6, 6.07) is 17.9. The average Bonchev–Trinajstić information content (AvgIpc) is 2.69. The van der Waals surface area contributed by atoms with Gasteiger partial charge in [-0.15, -0.1) is 5.11 Å². The van der Waals surface area contributed by atoms with Crippen molar-refractivity contribution in [1.82, 2.24) is 0 Å². The molecular weight excluding hydrogens is 340 g/mol. The minimum atomic E-state index is 0.0347. The van der Waals surface area contributed by atoms with E-state index in [9.17, 15) is 5.11 Å².